The van der Waals surface area contributed by atoms with Gasteiger partial charge in [-0.1, -0.05) is 6.08 Å². The van der Waals surface area contributed by atoms with Crippen LogP contribution in [0.4, 0.5) is 0 Å². The van der Waals surface area contributed by atoms with E-state index in [1.165, 1.54) is 9.13 Å². The van der Waals surface area contributed by atoms with Gasteiger partial charge >= 0.3 is 0 Å². The summed E-state index contributed by atoms with van der Waals surface area (Å²) in [5.74, 6) is 1.63. The molecule has 2 nitrogen and oxygen atoms in total. The van der Waals surface area contributed by atoms with Crippen LogP contribution in [0, 0.1) is 9.49 Å². The van der Waals surface area contributed by atoms with Crippen molar-refractivity contribution >= 4 is 28.4 Å². The summed E-state index contributed by atoms with van der Waals surface area (Å²) in [6.07, 6.45) is 6.40. The Morgan fingerprint density at radius 1 is 1.47 bits per heavy atom. The van der Waals surface area contributed by atoms with Crippen LogP contribution in [0.1, 0.15) is 18.4 Å². The summed E-state index contributed by atoms with van der Waals surface area (Å²) < 4.78 is 6.50. The predicted octanol–water partition coefficient (Wildman–Crippen LogP) is 3.38. The summed E-state index contributed by atoms with van der Waals surface area (Å²) in [5.41, 5.74) is 1.30. The Morgan fingerprint density at radius 2 is 2.29 bits per heavy atom. The third-order valence-electron chi connectivity index (χ3n) is 3.05. The highest BCUT2D eigenvalue weighted by molar-refractivity contribution is 14.1. The van der Waals surface area contributed by atoms with Crippen LogP contribution in [0.3, 0.4) is 0 Å². The van der Waals surface area contributed by atoms with E-state index < -0.39 is 0 Å². The van der Waals surface area contributed by atoms with E-state index >= 15 is 0 Å². The second-order valence-corrected chi connectivity index (χ2v) is 5.45. The van der Waals surface area contributed by atoms with Crippen LogP contribution in [0.15, 0.2) is 30.4 Å². The standard InChI is InChI=1S/C14H15IO2/c1-17-13-6-7-14(15)11(9-13)8-10-2-4-12(16)5-3-10/h2,4,6-7,9-10H,3,5,8H2,1H3. The molecule has 0 amide bonds. The molecule has 2 rings (SSSR count). The van der Waals surface area contributed by atoms with Crippen molar-refractivity contribution in [3.63, 3.8) is 0 Å². The van der Waals surface area contributed by atoms with Gasteiger partial charge in [0.1, 0.15) is 5.75 Å². The Hall–Kier alpha value is -0.840. The minimum absolute atomic E-state index is 0.251. The van der Waals surface area contributed by atoms with Crippen LogP contribution in [-0.4, -0.2) is 12.9 Å². The molecule has 0 fully saturated rings. The zero-order valence-electron chi connectivity index (χ0n) is 9.78. The van der Waals surface area contributed by atoms with Crippen molar-refractivity contribution in [2.24, 2.45) is 5.92 Å². The zero-order chi connectivity index (χ0) is 12.3. The van der Waals surface area contributed by atoms with E-state index in [-0.39, 0.29) is 5.78 Å². The number of halogens is 1. The molecule has 0 aliphatic heterocycles. The molecule has 90 valence electrons. The number of hydrogen-bond acceptors (Lipinski definition) is 2. The molecule has 1 aliphatic carbocycles. The average molecular weight is 342 g/mol. The number of rotatable bonds is 3. The molecular formula is C14H15IO2. The summed E-state index contributed by atoms with van der Waals surface area (Å²) in [6, 6.07) is 6.14. The largest absolute Gasteiger partial charge is 0.497 e. The van der Waals surface area contributed by atoms with Gasteiger partial charge in [0.25, 0.3) is 0 Å². The fourth-order valence-corrected chi connectivity index (χ4v) is 2.59. The molecule has 1 aliphatic rings. The van der Waals surface area contributed by atoms with Crippen LogP contribution in [0.2, 0.25) is 0 Å². The molecular weight excluding hydrogens is 327 g/mol. The van der Waals surface area contributed by atoms with Gasteiger partial charge in [-0.25, -0.2) is 0 Å². The number of hydrogen-bond donors (Lipinski definition) is 0. The normalized spacial score (nSPS) is 19.4. The minimum atomic E-state index is 0.251. The molecule has 17 heavy (non-hydrogen) atoms. The van der Waals surface area contributed by atoms with E-state index in [0.29, 0.717) is 12.3 Å². The highest BCUT2D eigenvalue weighted by atomic mass is 127. The Bertz CT molecular complexity index is 452. The Labute approximate surface area is 115 Å². The second kappa shape index (κ2) is 5.67. The number of carbonyl (C=O) groups is 1. The number of ether oxygens (including phenoxy) is 1. The summed E-state index contributed by atoms with van der Waals surface area (Å²) in [4.78, 5) is 11.1. The van der Waals surface area contributed by atoms with Crippen LogP contribution in [-0.2, 0) is 11.2 Å². The van der Waals surface area contributed by atoms with Crippen LogP contribution >= 0.6 is 22.6 Å². The first-order valence-corrected chi connectivity index (χ1v) is 6.80. The van der Waals surface area contributed by atoms with Crippen molar-refractivity contribution in [1.82, 2.24) is 0 Å². The van der Waals surface area contributed by atoms with Crippen molar-refractivity contribution < 1.29 is 9.53 Å². The van der Waals surface area contributed by atoms with Gasteiger partial charge in [0.15, 0.2) is 5.78 Å². The van der Waals surface area contributed by atoms with E-state index in [9.17, 15) is 4.79 Å². The molecule has 3 heteroatoms. The lowest BCUT2D eigenvalue weighted by Crippen LogP contribution is -2.10. The van der Waals surface area contributed by atoms with Gasteiger partial charge in [-0.05, 0) is 71.2 Å². The van der Waals surface area contributed by atoms with E-state index in [0.717, 1.165) is 18.6 Å². The molecule has 1 atom stereocenters. The molecule has 1 aromatic carbocycles. The van der Waals surface area contributed by atoms with Crippen LogP contribution < -0.4 is 4.74 Å². The summed E-state index contributed by atoms with van der Waals surface area (Å²) in [7, 11) is 1.69. The van der Waals surface area contributed by atoms with Gasteiger partial charge in [0, 0.05) is 9.99 Å². The lowest BCUT2D eigenvalue weighted by molar-refractivity contribution is -0.115. The van der Waals surface area contributed by atoms with Crippen LogP contribution in [0.5, 0.6) is 5.75 Å². The van der Waals surface area contributed by atoms with Crippen molar-refractivity contribution in [2.75, 3.05) is 7.11 Å². The van der Waals surface area contributed by atoms with Gasteiger partial charge in [0.05, 0.1) is 7.11 Å². The Balaban J connectivity index is 2.12. The van der Waals surface area contributed by atoms with E-state index in [1.54, 1.807) is 13.2 Å². The lowest BCUT2D eigenvalue weighted by atomic mass is 9.89. The molecule has 0 aromatic heterocycles. The van der Waals surface area contributed by atoms with Gasteiger partial charge in [0.2, 0.25) is 0 Å². The van der Waals surface area contributed by atoms with Crippen molar-refractivity contribution in [3.8, 4) is 5.75 Å². The van der Waals surface area contributed by atoms with Gasteiger partial charge in [-0.2, -0.15) is 0 Å². The SMILES string of the molecule is COc1ccc(I)c(CC2C=CC(=O)CC2)c1. The van der Waals surface area contributed by atoms with Crippen molar-refractivity contribution in [2.45, 2.75) is 19.3 Å². The van der Waals surface area contributed by atoms with E-state index in [4.69, 9.17) is 4.74 Å². The first kappa shape index (κ1) is 12.6. The Morgan fingerprint density at radius 3 is 2.94 bits per heavy atom. The fourth-order valence-electron chi connectivity index (χ4n) is 2.04. The minimum Gasteiger partial charge on any atom is -0.497 e. The highest BCUT2D eigenvalue weighted by Gasteiger charge is 2.15. The summed E-state index contributed by atoms with van der Waals surface area (Å²) in [5, 5.41) is 0. The lowest BCUT2D eigenvalue weighted by Gasteiger charge is -2.17. The van der Waals surface area contributed by atoms with E-state index in [2.05, 4.69) is 34.7 Å². The molecule has 0 spiro atoms. The zero-order valence-corrected chi connectivity index (χ0v) is 11.9. The van der Waals surface area contributed by atoms with Gasteiger partial charge in [-0.3, -0.25) is 4.79 Å². The fraction of sp³-hybridized carbons (Fsp3) is 0.357. The molecule has 0 bridgehead atoms. The maximum absolute atomic E-state index is 11.1. The predicted molar refractivity (Wildman–Crippen MR) is 76.3 cm³/mol. The van der Waals surface area contributed by atoms with Crippen LogP contribution in [0.25, 0.3) is 0 Å². The van der Waals surface area contributed by atoms with Crippen molar-refractivity contribution in [1.29, 1.82) is 0 Å². The second-order valence-electron chi connectivity index (χ2n) is 4.29. The number of methoxy groups -OCH3 is 1. The molecule has 0 saturated heterocycles. The Kier molecular flexibility index (Phi) is 4.20. The topological polar surface area (TPSA) is 26.3 Å². The third-order valence-corrected chi connectivity index (χ3v) is 4.10. The summed E-state index contributed by atoms with van der Waals surface area (Å²) >= 11 is 2.35. The maximum Gasteiger partial charge on any atom is 0.155 e. The van der Waals surface area contributed by atoms with Gasteiger partial charge in [-0.15, -0.1) is 0 Å². The molecule has 0 heterocycles. The highest BCUT2D eigenvalue weighted by Crippen LogP contribution is 2.25. The third kappa shape index (κ3) is 3.31. The molecule has 1 aromatic rings. The van der Waals surface area contributed by atoms with Crippen molar-refractivity contribution in [3.05, 3.63) is 39.5 Å². The number of ketones is 1. The van der Waals surface area contributed by atoms with Gasteiger partial charge < -0.3 is 4.74 Å². The first-order valence-electron chi connectivity index (χ1n) is 5.72. The molecule has 0 radical (unpaired) electrons. The average Bonchev–Trinajstić information content (AvgIpc) is 2.35. The maximum atomic E-state index is 11.1. The van der Waals surface area contributed by atoms with E-state index in [1.807, 2.05) is 12.1 Å². The molecule has 0 N–H and O–H groups in total. The smallest absolute Gasteiger partial charge is 0.155 e. The monoisotopic (exact) mass is 342 g/mol. The number of benzene rings is 1. The quantitative estimate of drug-likeness (QED) is 0.788. The molecule has 0 saturated carbocycles. The summed E-state index contributed by atoms with van der Waals surface area (Å²) in [6.45, 7) is 0. The number of allylic oxidation sites excluding steroid dienone is 2. The molecule has 1 unspecified atom stereocenters. The first-order chi connectivity index (χ1) is 8.19. The number of carbonyl (C=O) groups excluding carboxylic acids is 1.